The topological polar surface area (TPSA) is 51.2 Å². The second-order valence-corrected chi connectivity index (χ2v) is 4.47. The van der Waals surface area contributed by atoms with Crippen LogP contribution in [0.3, 0.4) is 0 Å². The number of carbonyl (C=O) groups excluding carboxylic acids is 3. The zero-order valence-corrected chi connectivity index (χ0v) is 10.4. The molecule has 0 radical (unpaired) electrons. The van der Waals surface area contributed by atoms with Gasteiger partial charge in [0.05, 0.1) is 0 Å². The van der Waals surface area contributed by atoms with Gasteiger partial charge in [-0.05, 0) is 27.2 Å². The molecule has 0 amide bonds. The molecule has 1 aliphatic rings. The highest BCUT2D eigenvalue weighted by Crippen LogP contribution is 2.36. The largest absolute Gasteiger partial charge is 0.299 e. The fraction of sp³-hybridized carbons (Fsp3) is 0.417. The van der Waals surface area contributed by atoms with Crippen LogP contribution in [0.1, 0.15) is 27.2 Å². The van der Waals surface area contributed by atoms with Crippen molar-refractivity contribution in [1.29, 1.82) is 0 Å². The highest BCUT2D eigenvalue weighted by molar-refractivity contribution is 7.84. The van der Waals surface area contributed by atoms with Crippen molar-refractivity contribution in [2.24, 2.45) is 5.41 Å². The van der Waals surface area contributed by atoms with Crippen LogP contribution in [0.5, 0.6) is 0 Å². The lowest BCUT2D eigenvalue weighted by atomic mass is 9.73. The van der Waals surface area contributed by atoms with Gasteiger partial charge in [0, 0.05) is 10.5 Å². The van der Waals surface area contributed by atoms with Crippen LogP contribution in [0.25, 0.3) is 0 Å². The summed E-state index contributed by atoms with van der Waals surface area (Å²) >= 11 is 4.16. The van der Waals surface area contributed by atoms with Gasteiger partial charge in [-0.25, -0.2) is 0 Å². The molecular weight excluding hydrogens is 224 g/mol. The number of hydrogen-bond acceptors (Lipinski definition) is 4. The number of thiol groups is 1. The SMILES string of the molecule is CC(=O)C1=CC(C(C)=O)(C(C)=O)CC=C1S. The number of ketones is 3. The van der Waals surface area contributed by atoms with Crippen LogP contribution >= 0.6 is 12.6 Å². The maximum atomic E-state index is 11.6. The van der Waals surface area contributed by atoms with E-state index in [-0.39, 0.29) is 23.8 Å². The molecule has 3 nitrogen and oxygen atoms in total. The van der Waals surface area contributed by atoms with Crippen molar-refractivity contribution >= 4 is 30.0 Å². The van der Waals surface area contributed by atoms with Crippen LogP contribution in [0.2, 0.25) is 0 Å². The van der Waals surface area contributed by atoms with E-state index in [0.29, 0.717) is 10.5 Å². The Balaban J connectivity index is 3.34. The molecule has 0 N–H and O–H groups in total. The third kappa shape index (κ3) is 2.02. The molecule has 0 fully saturated rings. The standard InChI is InChI=1S/C12H14O3S/c1-7(13)10-6-12(8(2)14,9(3)15)5-4-11(10)16/h4,6,16H,5H2,1-3H3. The zero-order valence-electron chi connectivity index (χ0n) is 9.53. The average Bonchev–Trinajstić information content (AvgIpc) is 2.17. The minimum atomic E-state index is -1.17. The lowest BCUT2D eigenvalue weighted by Crippen LogP contribution is -2.36. The number of rotatable bonds is 3. The summed E-state index contributed by atoms with van der Waals surface area (Å²) in [6.07, 6.45) is 3.40. The third-order valence-corrected chi connectivity index (χ3v) is 3.34. The first kappa shape index (κ1) is 12.9. The monoisotopic (exact) mass is 238 g/mol. The van der Waals surface area contributed by atoms with Crippen LogP contribution in [-0.2, 0) is 14.4 Å². The Kier molecular flexibility index (Phi) is 3.53. The first-order valence-corrected chi connectivity index (χ1v) is 5.41. The summed E-state index contributed by atoms with van der Waals surface area (Å²) in [5, 5.41) is 0. The Labute approximate surface area is 100 Å². The summed E-state index contributed by atoms with van der Waals surface area (Å²) in [7, 11) is 0. The van der Waals surface area contributed by atoms with Crippen molar-refractivity contribution in [1.82, 2.24) is 0 Å². The molecule has 0 heterocycles. The van der Waals surface area contributed by atoms with Crippen molar-refractivity contribution in [2.75, 3.05) is 0 Å². The van der Waals surface area contributed by atoms with Gasteiger partial charge in [0.1, 0.15) is 17.0 Å². The molecule has 0 saturated carbocycles. The van der Waals surface area contributed by atoms with Crippen LogP contribution in [0.4, 0.5) is 0 Å². The van der Waals surface area contributed by atoms with E-state index in [4.69, 9.17) is 0 Å². The van der Waals surface area contributed by atoms with E-state index in [1.807, 2.05) is 0 Å². The summed E-state index contributed by atoms with van der Waals surface area (Å²) in [6, 6.07) is 0. The maximum Gasteiger partial charge on any atom is 0.160 e. The number of allylic oxidation sites excluding steroid dienone is 3. The van der Waals surface area contributed by atoms with E-state index in [9.17, 15) is 14.4 Å². The van der Waals surface area contributed by atoms with Crippen molar-refractivity contribution in [3.8, 4) is 0 Å². The van der Waals surface area contributed by atoms with Gasteiger partial charge >= 0.3 is 0 Å². The van der Waals surface area contributed by atoms with Gasteiger partial charge in [-0.15, -0.1) is 12.6 Å². The molecule has 0 bridgehead atoms. The summed E-state index contributed by atoms with van der Waals surface area (Å²) in [5.74, 6) is -0.667. The number of carbonyl (C=O) groups is 3. The third-order valence-electron chi connectivity index (χ3n) is 2.92. The van der Waals surface area contributed by atoms with E-state index in [1.165, 1.54) is 26.8 Å². The van der Waals surface area contributed by atoms with Gasteiger partial charge in [0.15, 0.2) is 5.78 Å². The second-order valence-electron chi connectivity index (χ2n) is 3.99. The molecular formula is C12H14O3S. The molecule has 86 valence electrons. The van der Waals surface area contributed by atoms with Gasteiger partial charge in [-0.1, -0.05) is 12.2 Å². The Hall–Kier alpha value is -1.16. The molecule has 0 saturated heterocycles. The fourth-order valence-corrected chi connectivity index (χ4v) is 2.08. The quantitative estimate of drug-likeness (QED) is 0.603. The number of hydrogen-bond donors (Lipinski definition) is 1. The summed E-state index contributed by atoms with van der Waals surface area (Å²) in [4.78, 5) is 35.1. The predicted molar refractivity (Wildman–Crippen MR) is 64.2 cm³/mol. The summed E-state index contributed by atoms with van der Waals surface area (Å²) in [6.45, 7) is 4.13. The van der Waals surface area contributed by atoms with Crippen LogP contribution < -0.4 is 0 Å². The molecule has 0 aliphatic heterocycles. The maximum absolute atomic E-state index is 11.6. The lowest BCUT2D eigenvalue weighted by Gasteiger charge is -2.28. The van der Waals surface area contributed by atoms with Crippen LogP contribution in [-0.4, -0.2) is 17.3 Å². The van der Waals surface area contributed by atoms with Crippen LogP contribution in [0.15, 0.2) is 22.6 Å². The molecule has 1 rings (SSSR count). The Morgan fingerprint density at radius 3 is 2.06 bits per heavy atom. The molecule has 1 aliphatic carbocycles. The van der Waals surface area contributed by atoms with Crippen molar-refractivity contribution in [3.63, 3.8) is 0 Å². The van der Waals surface area contributed by atoms with Gasteiger partial charge in [0.25, 0.3) is 0 Å². The smallest absolute Gasteiger partial charge is 0.160 e. The Morgan fingerprint density at radius 1 is 1.19 bits per heavy atom. The van der Waals surface area contributed by atoms with E-state index < -0.39 is 5.41 Å². The molecule has 16 heavy (non-hydrogen) atoms. The predicted octanol–water partition coefficient (Wildman–Crippen LogP) is 1.88. The van der Waals surface area contributed by atoms with Crippen LogP contribution in [0, 0.1) is 5.41 Å². The minimum Gasteiger partial charge on any atom is -0.299 e. The van der Waals surface area contributed by atoms with Crippen molar-refractivity contribution in [2.45, 2.75) is 27.2 Å². The van der Waals surface area contributed by atoms with E-state index in [0.717, 1.165) is 0 Å². The van der Waals surface area contributed by atoms with Crippen molar-refractivity contribution in [3.05, 3.63) is 22.6 Å². The van der Waals surface area contributed by atoms with Gasteiger partial charge in [-0.3, -0.25) is 14.4 Å². The van der Waals surface area contributed by atoms with Gasteiger partial charge < -0.3 is 0 Å². The molecule has 0 spiro atoms. The molecule has 0 aromatic rings. The van der Waals surface area contributed by atoms with E-state index >= 15 is 0 Å². The highest BCUT2D eigenvalue weighted by atomic mass is 32.1. The van der Waals surface area contributed by atoms with E-state index in [2.05, 4.69) is 12.6 Å². The number of Topliss-reactive ketones (excluding diaryl/α,β-unsaturated/α-hetero) is 3. The molecule has 0 aromatic carbocycles. The van der Waals surface area contributed by atoms with Gasteiger partial charge in [0.2, 0.25) is 0 Å². The fourth-order valence-electron chi connectivity index (χ4n) is 1.77. The Bertz CT molecular complexity index is 416. The van der Waals surface area contributed by atoms with Gasteiger partial charge in [-0.2, -0.15) is 0 Å². The van der Waals surface area contributed by atoms with Crippen molar-refractivity contribution < 1.29 is 14.4 Å². The highest BCUT2D eigenvalue weighted by Gasteiger charge is 2.40. The average molecular weight is 238 g/mol. The normalized spacial score (nSPS) is 18.5. The first-order valence-electron chi connectivity index (χ1n) is 4.96. The lowest BCUT2D eigenvalue weighted by molar-refractivity contribution is -0.135. The molecule has 4 heteroatoms. The summed E-state index contributed by atoms with van der Waals surface area (Å²) < 4.78 is 0. The second kappa shape index (κ2) is 4.37. The van der Waals surface area contributed by atoms with E-state index in [1.54, 1.807) is 6.08 Å². The molecule has 0 aromatic heterocycles. The first-order chi connectivity index (χ1) is 7.31. The summed E-state index contributed by atoms with van der Waals surface area (Å²) in [5.41, 5.74) is -0.826. The Morgan fingerprint density at radius 2 is 1.69 bits per heavy atom. The molecule has 0 atom stereocenters. The zero-order chi connectivity index (χ0) is 12.5. The minimum absolute atomic E-state index is 0.187. The molecule has 0 unspecified atom stereocenters.